The molecular formula is C19H20ClN3O. The van der Waals surface area contributed by atoms with E-state index in [4.69, 9.17) is 16.6 Å². The standard InChI is InChI=1S/C19H20ClN3O/c1-13(2)11-21-18(24)12-23-17-10-6-5-9-16(17)22-19(23)14-7-3-4-8-15(14)20/h3-10,13H,11-12H2,1-2H3,(H,21,24). The van der Waals surface area contributed by atoms with Gasteiger partial charge < -0.3 is 9.88 Å². The van der Waals surface area contributed by atoms with Crippen molar-refractivity contribution in [3.05, 3.63) is 53.6 Å². The van der Waals surface area contributed by atoms with Gasteiger partial charge >= 0.3 is 0 Å². The van der Waals surface area contributed by atoms with Crippen LogP contribution in [-0.2, 0) is 11.3 Å². The third-order valence-electron chi connectivity index (χ3n) is 3.78. The number of imidazole rings is 1. The van der Waals surface area contributed by atoms with Gasteiger partial charge in [-0.2, -0.15) is 0 Å². The largest absolute Gasteiger partial charge is 0.354 e. The van der Waals surface area contributed by atoms with Gasteiger partial charge in [-0.05, 0) is 30.2 Å². The van der Waals surface area contributed by atoms with Crippen molar-refractivity contribution < 1.29 is 4.79 Å². The molecule has 1 heterocycles. The van der Waals surface area contributed by atoms with E-state index < -0.39 is 0 Å². The molecule has 1 amide bonds. The van der Waals surface area contributed by atoms with Crippen molar-refractivity contribution in [1.29, 1.82) is 0 Å². The Labute approximate surface area is 146 Å². The van der Waals surface area contributed by atoms with E-state index in [-0.39, 0.29) is 12.5 Å². The molecule has 24 heavy (non-hydrogen) atoms. The number of rotatable bonds is 5. The Bertz CT molecular complexity index is 870. The van der Waals surface area contributed by atoms with Crippen molar-refractivity contribution in [3.63, 3.8) is 0 Å². The zero-order valence-electron chi connectivity index (χ0n) is 13.8. The van der Waals surface area contributed by atoms with E-state index in [0.717, 1.165) is 16.6 Å². The van der Waals surface area contributed by atoms with E-state index in [2.05, 4.69) is 19.2 Å². The molecule has 0 aliphatic carbocycles. The molecule has 0 unspecified atom stereocenters. The number of fused-ring (bicyclic) bond motifs is 1. The molecule has 0 saturated carbocycles. The van der Waals surface area contributed by atoms with Crippen LogP contribution in [0.25, 0.3) is 22.4 Å². The number of benzene rings is 2. The summed E-state index contributed by atoms with van der Waals surface area (Å²) in [7, 11) is 0. The van der Waals surface area contributed by atoms with Crippen LogP contribution in [0.5, 0.6) is 0 Å². The average Bonchev–Trinajstić information content (AvgIpc) is 2.92. The lowest BCUT2D eigenvalue weighted by Gasteiger charge is -2.12. The van der Waals surface area contributed by atoms with Crippen molar-refractivity contribution in [2.45, 2.75) is 20.4 Å². The van der Waals surface area contributed by atoms with E-state index in [0.29, 0.717) is 23.3 Å². The number of hydrogen-bond donors (Lipinski definition) is 1. The number of nitrogens with one attached hydrogen (secondary N) is 1. The lowest BCUT2D eigenvalue weighted by molar-refractivity contribution is -0.121. The summed E-state index contributed by atoms with van der Waals surface area (Å²) in [4.78, 5) is 17.0. The fraction of sp³-hybridized carbons (Fsp3) is 0.263. The molecule has 1 N–H and O–H groups in total. The number of hydrogen-bond acceptors (Lipinski definition) is 2. The molecule has 5 heteroatoms. The minimum absolute atomic E-state index is 0.0276. The second-order valence-electron chi connectivity index (χ2n) is 6.19. The zero-order valence-corrected chi connectivity index (χ0v) is 14.5. The molecule has 0 spiro atoms. The molecular weight excluding hydrogens is 322 g/mol. The van der Waals surface area contributed by atoms with E-state index in [1.54, 1.807) is 0 Å². The molecule has 1 aromatic heterocycles. The summed E-state index contributed by atoms with van der Waals surface area (Å²) in [5.41, 5.74) is 2.60. The van der Waals surface area contributed by atoms with Gasteiger partial charge in [0, 0.05) is 12.1 Å². The van der Waals surface area contributed by atoms with E-state index in [1.165, 1.54) is 0 Å². The lowest BCUT2D eigenvalue weighted by Crippen LogP contribution is -2.30. The first kappa shape index (κ1) is 16.5. The molecule has 0 aliphatic rings. The van der Waals surface area contributed by atoms with Crippen molar-refractivity contribution in [1.82, 2.24) is 14.9 Å². The highest BCUT2D eigenvalue weighted by molar-refractivity contribution is 6.33. The van der Waals surface area contributed by atoms with Gasteiger partial charge in [0.05, 0.1) is 16.1 Å². The number of nitrogens with zero attached hydrogens (tertiary/aromatic N) is 2. The Morgan fingerprint density at radius 1 is 1.17 bits per heavy atom. The molecule has 124 valence electrons. The van der Waals surface area contributed by atoms with Gasteiger partial charge in [0.25, 0.3) is 0 Å². The first-order valence-corrected chi connectivity index (χ1v) is 8.41. The number of carbonyl (C=O) groups is 1. The van der Waals surface area contributed by atoms with Crippen LogP contribution in [0.3, 0.4) is 0 Å². The van der Waals surface area contributed by atoms with Crippen LogP contribution in [0.15, 0.2) is 48.5 Å². The average molecular weight is 342 g/mol. The Morgan fingerprint density at radius 3 is 2.62 bits per heavy atom. The van der Waals surface area contributed by atoms with Gasteiger partial charge in [0.2, 0.25) is 5.91 Å². The summed E-state index contributed by atoms with van der Waals surface area (Å²) in [6.07, 6.45) is 0. The minimum atomic E-state index is -0.0276. The molecule has 4 nitrogen and oxygen atoms in total. The maximum Gasteiger partial charge on any atom is 0.240 e. The maximum absolute atomic E-state index is 12.3. The second kappa shape index (κ2) is 7.05. The van der Waals surface area contributed by atoms with E-state index in [1.807, 2.05) is 53.1 Å². The molecule has 0 radical (unpaired) electrons. The fourth-order valence-electron chi connectivity index (χ4n) is 2.60. The van der Waals surface area contributed by atoms with Gasteiger partial charge in [-0.3, -0.25) is 4.79 Å². The number of amides is 1. The normalized spacial score (nSPS) is 11.2. The summed E-state index contributed by atoms with van der Waals surface area (Å²) in [6.45, 7) is 5.02. The summed E-state index contributed by atoms with van der Waals surface area (Å²) in [6, 6.07) is 15.4. The Morgan fingerprint density at radius 2 is 1.88 bits per heavy atom. The Hall–Kier alpha value is -2.33. The van der Waals surface area contributed by atoms with Crippen molar-refractivity contribution >= 4 is 28.5 Å². The molecule has 0 saturated heterocycles. The van der Waals surface area contributed by atoms with Crippen molar-refractivity contribution in [2.24, 2.45) is 5.92 Å². The topological polar surface area (TPSA) is 46.9 Å². The molecule has 3 aromatic rings. The van der Waals surface area contributed by atoms with Crippen LogP contribution in [-0.4, -0.2) is 22.0 Å². The van der Waals surface area contributed by atoms with Gasteiger partial charge in [0.15, 0.2) is 0 Å². The quantitative estimate of drug-likeness (QED) is 0.758. The highest BCUT2D eigenvalue weighted by atomic mass is 35.5. The van der Waals surface area contributed by atoms with Crippen LogP contribution in [0.1, 0.15) is 13.8 Å². The molecule has 2 aromatic carbocycles. The second-order valence-corrected chi connectivity index (χ2v) is 6.60. The van der Waals surface area contributed by atoms with Gasteiger partial charge in [-0.1, -0.05) is 49.7 Å². The molecule has 0 atom stereocenters. The molecule has 0 bridgehead atoms. The highest BCUT2D eigenvalue weighted by Gasteiger charge is 2.16. The smallest absolute Gasteiger partial charge is 0.240 e. The van der Waals surface area contributed by atoms with E-state index >= 15 is 0 Å². The summed E-state index contributed by atoms with van der Waals surface area (Å²) >= 11 is 6.34. The number of aromatic nitrogens is 2. The Kier molecular flexibility index (Phi) is 4.86. The fourth-order valence-corrected chi connectivity index (χ4v) is 2.82. The van der Waals surface area contributed by atoms with Crippen LogP contribution in [0, 0.1) is 5.92 Å². The van der Waals surface area contributed by atoms with Gasteiger partial charge in [-0.25, -0.2) is 4.98 Å². The van der Waals surface area contributed by atoms with Crippen LogP contribution in [0.4, 0.5) is 0 Å². The summed E-state index contributed by atoms with van der Waals surface area (Å²) in [5.74, 6) is 1.10. The van der Waals surface area contributed by atoms with Crippen LogP contribution < -0.4 is 5.32 Å². The Balaban J connectivity index is 2.03. The monoisotopic (exact) mass is 341 g/mol. The first-order chi connectivity index (χ1) is 11.6. The number of halogens is 1. The minimum Gasteiger partial charge on any atom is -0.354 e. The molecule has 0 aliphatic heterocycles. The SMILES string of the molecule is CC(C)CNC(=O)Cn1c(-c2ccccc2Cl)nc2ccccc21. The summed E-state index contributed by atoms with van der Waals surface area (Å²) < 4.78 is 1.92. The zero-order chi connectivity index (χ0) is 17.1. The lowest BCUT2D eigenvalue weighted by atomic mass is 10.2. The maximum atomic E-state index is 12.3. The third-order valence-corrected chi connectivity index (χ3v) is 4.11. The summed E-state index contributed by atoms with van der Waals surface area (Å²) in [5, 5.41) is 3.58. The third kappa shape index (κ3) is 3.44. The molecule has 0 fully saturated rings. The number of carbonyl (C=O) groups excluding carboxylic acids is 1. The first-order valence-electron chi connectivity index (χ1n) is 8.03. The number of para-hydroxylation sites is 2. The predicted molar refractivity (Wildman–Crippen MR) is 98.0 cm³/mol. The van der Waals surface area contributed by atoms with Gasteiger partial charge in [0.1, 0.15) is 12.4 Å². The molecule has 3 rings (SSSR count). The van der Waals surface area contributed by atoms with Crippen molar-refractivity contribution in [3.8, 4) is 11.4 Å². The van der Waals surface area contributed by atoms with E-state index in [9.17, 15) is 4.79 Å². The van der Waals surface area contributed by atoms with Crippen molar-refractivity contribution in [2.75, 3.05) is 6.54 Å². The van der Waals surface area contributed by atoms with Crippen LogP contribution >= 0.6 is 11.6 Å². The van der Waals surface area contributed by atoms with Crippen LogP contribution in [0.2, 0.25) is 5.02 Å². The van der Waals surface area contributed by atoms with Gasteiger partial charge in [-0.15, -0.1) is 0 Å². The predicted octanol–water partition coefficient (Wildman–Crippen LogP) is 4.13. The highest BCUT2D eigenvalue weighted by Crippen LogP contribution is 2.30.